The number of hydrogen-bond donors (Lipinski definition) is 1. The number of para-hydroxylation sites is 1. The van der Waals surface area contributed by atoms with Crippen molar-refractivity contribution in [2.24, 2.45) is 5.10 Å². The number of rotatable bonds is 8. The Hall–Kier alpha value is -3.11. The smallest absolute Gasteiger partial charge is 0.273 e. The molecule has 7 nitrogen and oxygen atoms in total. The van der Waals surface area contributed by atoms with E-state index < -0.39 is 10.8 Å². The first-order valence-electron chi connectivity index (χ1n) is 9.24. The molecule has 0 saturated heterocycles. The molecule has 0 unspecified atom stereocenters. The van der Waals surface area contributed by atoms with Crippen molar-refractivity contribution in [1.29, 1.82) is 0 Å². The number of benzene rings is 3. The Morgan fingerprint density at radius 3 is 2.44 bits per heavy atom. The van der Waals surface area contributed by atoms with E-state index in [2.05, 4.69) is 42.4 Å². The SMILES string of the molecule is O=C(Cc1ccccc1[N+](=O)[O-])N/N=C/c1cc(Br)c(OCc2ccc(F)cc2)c(Br)c1. The fourth-order valence-electron chi connectivity index (χ4n) is 2.76. The number of nitrogens with zero attached hydrogens (tertiary/aromatic N) is 2. The summed E-state index contributed by atoms with van der Waals surface area (Å²) in [5.41, 5.74) is 4.04. The molecule has 0 heterocycles. The Bertz CT molecular complexity index is 1150. The normalized spacial score (nSPS) is 10.8. The summed E-state index contributed by atoms with van der Waals surface area (Å²) in [5.74, 6) is -0.228. The second-order valence-electron chi connectivity index (χ2n) is 6.58. The molecular weight excluding hydrogens is 549 g/mol. The van der Waals surface area contributed by atoms with Gasteiger partial charge in [0.2, 0.25) is 5.91 Å². The third-order valence-electron chi connectivity index (χ3n) is 4.26. The molecule has 10 heteroatoms. The number of halogens is 3. The van der Waals surface area contributed by atoms with Gasteiger partial charge in [-0.05, 0) is 67.3 Å². The van der Waals surface area contributed by atoms with Crippen molar-refractivity contribution < 1.29 is 18.8 Å². The van der Waals surface area contributed by atoms with Gasteiger partial charge in [-0.25, -0.2) is 9.82 Å². The average Bonchev–Trinajstić information content (AvgIpc) is 2.74. The molecular formula is C22H16Br2FN3O4. The van der Waals surface area contributed by atoms with Crippen LogP contribution >= 0.6 is 31.9 Å². The molecule has 0 aliphatic heterocycles. The van der Waals surface area contributed by atoms with Gasteiger partial charge in [0.05, 0.1) is 26.5 Å². The minimum absolute atomic E-state index is 0.115. The predicted molar refractivity (Wildman–Crippen MR) is 125 cm³/mol. The number of hydrogen-bond acceptors (Lipinski definition) is 5. The fourth-order valence-corrected chi connectivity index (χ4v) is 4.21. The molecule has 0 bridgehead atoms. The molecule has 0 atom stereocenters. The third-order valence-corrected chi connectivity index (χ3v) is 5.44. The Morgan fingerprint density at radius 2 is 1.78 bits per heavy atom. The molecule has 0 spiro atoms. The Labute approximate surface area is 199 Å². The first-order chi connectivity index (χ1) is 15.3. The minimum atomic E-state index is -0.527. The summed E-state index contributed by atoms with van der Waals surface area (Å²) in [5, 5.41) is 15.0. The zero-order valence-corrected chi connectivity index (χ0v) is 19.6. The molecule has 0 fully saturated rings. The molecule has 1 N–H and O–H groups in total. The molecule has 3 aromatic carbocycles. The Morgan fingerprint density at radius 1 is 1.12 bits per heavy atom. The second-order valence-corrected chi connectivity index (χ2v) is 8.29. The molecule has 3 rings (SSSR count). The maximum atomic E-state index is 13.0. The van der Waals surface area contributed by atoms with Crippen LogP contribution in [0.4, 0.5) is 10.1 Å². The van der Waals surface area contributed by atoms with Crippen LogP contribution in [0.1, 0.15) is 16.7 Å². The molecule has 0 radical (unpaired) electrons. The highest BCUT2D eigenvalue weighted by molar-refractivity contribution is 9.11. The number of nitrogens with one attached hydrogen (secondary N) is 1. The third kappa shape index (κ3) is 6.44. The van der Waals surface area contributed by atoms with Gasteiger partial charge in [0.1, 0.15) is 18.2 Å². The minimum Gasteiger partial charge on any atom is -0.487 e. The van der Waals surface area contributed by atoms with E-state index in [4.69, 9.17) is 4.74 Å². The maximum Gasteiger partial charge on any atom is 0.273 e. The van der Waals surface area contributed by atoms with Crippen molar-refractivity contribution in [3.8, 4) is 5.75 Å². The summed E-state index contributed by atoms with van der Waals surface area (Å²) in [7, 11) is 0. The molecule has 0 saturated carbocycles. The zero-order valence-electron chi connectivity index (χ0n) is 16.4. The molecule has 0 aliphatic rings. The van der Waals surface area contributed by atoms with Gasteiger partial charge < -0.3 is 4.74 Å². The van der Waals surface area contributed by atoms with E-state index in [9.17, 15) is 19.3 Å². The average molecular weight is 565 g/mol. The molecule has 164 valence electrons. The number of ether oxygens (including phenoxy) is 1. The van der Waals surface area contributed by atoms with Crippen LogP contribution in [0.5, 0.6) is 5.75 Å². The monoisotopic (exact) mass is 563 g/mol. The van der Waals surface area contributed by atoms with E-state index in [-0.39, 0.29) is 24.5 Å². The van der Waals surface area contributed by atoms with E-state index in [1.54, 1.807) is 36.4 Å². The lowest BCUT2D eigenvalue weighted by Gasteiger charge is -2.11. The van der Waals surface area contributed by atoms with Gasteiger partial charge in [-0.15, -0.1) is 0 Å². The van der Waals surface area contributed by atoms with E-state index >= 15 is 0 Å². The number of hydrazone groups is 1. The van der Waals surface area contributed by atoms with E-state index in [1.807, 2.05) is 0 Å². The van der Waals surface area contributed by atoms with Gasteiger partial charge >= 0.3 is 0 Å². The van der Waals surface area contributed by atoms with E-state index in [0.29, 0.717) is 25.8 Å². The van der Waals surface area contributed by atoms with Crippen molar-refractivity contribution >= 4 is 49.7 Å². The lowest BCUT2D eigenvalue weighted by Crippen LogP contribution is -2.20. The van der Waals surface area contributed by atoms with Crippen molar-refractivity contribution in [3.63, 3.8) is 0 Å². The highest BCUT2D eigenvalue weighted by Crippen LogP contribution is 2.35. The maximum absolute atomic E-state index is 13.0. The van der Waals surface area contributed by atoms with Gasteiger partial charge in [-0.1, -0.05) is 30.3 Å². The van der Waals surface area contributed by atoms with Crippen LogP contribution in [-0.4, -0.2) is 17.0 Å². The van der Waals surface area contributed by atoms with Gasteiger partial charge in [-0.3, -0.25) is 14.9 Å². The Kier molecular flexibility index (Phi) is 8.07. The van der Waals surface area contributed by atoms with Crippen molar-refractivity contribution in [1.82, 2.24) is 5.43 Å². The Balaban J connectivity index is 1.60. The highest BCUT2D eigenvalue weighted by Gasteiger charge is 2.15. The molecule has 0 aliphatic carbocycles. The quantitative estimate of drug-likeness (QED) is 0.221. The van der Waals surface area contributed by atoms with Crippen LogP contribution in [0, 0.1) is 15.9 Å². The van der Waals surface area contributed by atoms with Gasteiger partial charge in [0.25, 0.3) is 5.69 Å². The van der Waals surface area contributed by atoms with Crippen LogP contribution in [0.25, 0.3) is 0 Å². The van der Waals surface area contributed by atoms with Crippen LogP contribution < -0.4 is 10.2 Å². The van der Waals surface area contributed by atoms with Crippen molar-refractivity contribution in [3.05, 3.63) is 102 Å². The van der Waals surface area contributed by atoms with E-state index in [1.165, 1.54) is 30.5 Å². The van der Waals surface area contributed by atoms with Crippen LogP contribution in [0.15, 0.2) is 74.7 Å². The molecule has 1 amide bonds. The molecule has 32 heavy (non-hydrogen) atoms. The molecule has 3 aromatic rings. The topological polar surface area (TPSA) is 93.8 Å². The highest BCUT2D eigenvalue weighted by atomic mass is 79.9. The van der Waals surface area contributed by atoms with Crippen LogP contribution in [0.3, 0.4) is 0 Å². The lowest BCUT2D eigenvalue weighted by molar-refractivity contribution is -0.385. The van der Waals surface area contributed by atoms with Crippen molar-refractivity contribution in [2.45, 2.75) is 13.0 Å². The standard InChI is InChI=1S/C22H16Br2FN3O4/c23-18-9-15(10-19(24)22(18)32-13-14-5-7-17(25)8-6-14)12-26-27-21(29)11-16-3-1-2-4-20(16)28(30)31/h1-10,12H,11,13H2,(H,27,29)/b26-12+. The number of carbonyl (C=O) groups excluding carboxylic acids is 1. The lowest BCUT2D eigenvalue weighted by atomic mass is 10.1. The van der Waals surface area contributed by atoms with Gasteiger partial charge in [0, 0.05) is 11.6 Å². The van der Waals surface area contributed by atoms with Crippen LogP contribution in [-0.2, 0) is 17.8 Å². The largest absolute Gasteiger partial charge is 0.487 e. The zero-order chi connectivity index (χ0) is 23.1. The first-order valence-corrected chi connectivity index (χ1v) is 10.8. The summed E-state index contributed by atoms with van der Waals surface area (Å²) in [6, 6.07) is 15.6. The summed E-state index contributed by atoms with van der Waals surface area (Å²) in [4.78, 5) is 22.6. The van der Waals surface area contributed by atoms with E-state index in [0.717, 1.165) is 5.56 Å². The number of nitro groups is 1. The predicted octanol–water partition coefficient (Wildman–Crippen LogP) is 5.53. The van der Waals surface area contributed by atoms with Crippen molar-refractivity contribution in [2.75, 3.05) is 0 Å². The molecule has 0 aromatic heterocycles. The summed E-state index contributed by atoms with van der Waals surface area (Å²) >= 11 is 6.88. The second kappa shape index (κ2) is 11.0. The number of nitro benzene ring substituents is 1. The summed E-state index contributed by atoms with van der Waals surface area (Å²) < 4.78 is 20.1. The van der Waals surface area contributed by atoms with Gasteiger partial charge in [-0.2, -0.15) is 5.10 Å². The number of amides is 1. The first kappa shape index (κ1) is 23.6. The van der Waals surface area contributed by atoms with Gasteiger partial charge in [0.15, 0.2) is 0 Å². The number of carbonyl (C=O) groups is 1. The fraction of sp³-hybridized carbons (Fsp3) is 0.0909. The van der Waals surface area contributed by atoms with Crippen LogP contribution in [0.2, 0.25) is 0 Å². The summed E-state index contributed by atoms with van der Waals surface area (Å²) in [6.07, 6.45) is 1.27. The summed E-state index contributed by atoms with van der Waals surface area (Å²) in [6.45, 7) is 0.257.